The molecule has 1 rings (SSSR count). The van der Waals surface area contributed by atoms with Crippen molar-refractivity contribution < 1.29 is 41.4 Å². The normalized spacial score (nSPS) is 15.1. The fraction of sp³-hybridized carbons (Fsp3) is 0.500. The van der Waals surface area contributed by atoms with Gasteiger partial charge >= 0.3 is 12.1 Å². The molecular weight excluding hydrogens is 327 g/mol. The fourth-order valence-corrected chi connectivity index (χ4v) is 1.97. The highest BCUT2D eigenvalue weighted by atomic mass is 31.1. The number of aliphatic hydroxyl groups is 2. The largest absolute Gasteiger partial charge is 0.443 e. The molecule has 0 radical (unpaired) electrons. The molecule has 11 heteroatoms. The minimum Gasteiger partial charge on any atom is -0.365 e. The Bertz CT molecular complexity index is 490. The van der Waals surface area contributed by atoms with Crippen molar-refractivity contribution in [1.82, 2.24) is 4.98 Å². The molecule has 1 heterocycles. The molecule has 1 aromatic heterocycles. The van der Waals surface area contributed by atoms with Gasteiger partial charge in [0.2, 0.25) is 0 Å². The molecule has 0 saturated heterocycles. The number of pyridine rings is 1. The first-order valence-electron chi connectivity index (χ1n) is 5.32. The van der Waals surface area contributed by atoms with Gasteiger partial charge in [-0.2, -0.15) is 26.3 Å². The highest BCUT2D eigenvalue weighted by Crippen LogP contribution is 2.51. The number of alkyl halides is 6. The van der Waals surface area contributed by atoms with E-state index < -0.39 is 44.3 Å². The molecule has 1 unspecified atom stereocenters. The van der Waals surface area contributed by atoms with E-state index in [-0.39, 0.29) is 5.69 Å². The average Bonchev–Trinajstić information content (AvgIpc) is 2.25. The summed E-state index contributed by atoms with van der Waals surface area (Å²) < 4.78 is 73.4. The van der Waals surface area contributed by atoms with Crippen molar-refractivity contribution in [3.8, 4) is 0 Å². The van der Waals surface area contributed by atoms with Gasteiger partial charge in [0, 0.05) is 17.5 Å². The SMILES string of the molecule is OP(Cc1cccc(CC(O)(O)C(F)(F)F)n1)C(F)(F)F. The van der Waals surface area contributed by atoms with Gasteiger partial charge in [0.15, 0.2) is 0 Å². The van der Waals surface area contributed by atoms with Gasteiger partial charge in [0.05, 0.1) is 6.42 Å². The molecule has 0 spiro atoms. The highest BCUT2D eigenvalue weighted by Gasteiger charge is 2.53. The Labute approximate surface area is 115 Å². The molecule has 0 aliphatic carbocycles. The second kappa shape index (κ2) is 6.04. The smallest absolute Gasteiger partial charge is 0.365 e. The summed E-state index contributed by atoms with van der Waals surface area (Å²) in [7, 11) is -3.38. The van der Waals surface area contributed by atoms with Crippen LogP contribution in [-0.4, -0.2) is 38.0 Å². The maximum absolute atomic E-state index is 12.3. The Morgan fingerprint density at radius 3 is 2.00 bits per heavy atom. The topological polar surface area (TPSA) is 73.6 Å². The van der Waals surface area contributed by atoms with Gasteiger partial charge < -0.3 is 15.1 Å². The summed E-state index contributed by atoms with van der Waals surface area (Å²) in [6.07, 6.45) is -7.55. The van der Waals surface area contributed by atoms with E-state index in [1.54, 1.807) is 0 Å². The van der Waals surface area contributed by atoms with Crippen LogP contribution in [0.2, 0.25) is 0 Å². The molecule has 0 aliphatic rings. The van der Waals surface area contributed by atoms with E-state index in [9.17, 15) is 26.3 Å². The summed E-state index contributed by atoms with van der Waals surface area (Å²) >= 11 is 0. The van der Waals surface area contributed by atoms with Crippen molar-refractivity contribution in [2.75, 3.05) is 0 Å². The summed E-state index contributed by atoms with van der Waals surface area (Å²) in [4.78, 5) is 12.4. The minimum atomic E-state index is -5.33. The van der Waals surface area contributed by atoms with Gasteiger partial charge in [-0.25, -0.2) is 0 Å². The predicted molar refractivity (Wildman–Crippen MR) is 60.1 cm³/mol. The number of aromatic nitrogens is 1. The Balaban J connectivity index is 2.87. The first kappa shape index (κ1) is 18.1. The second-order valence-electron chi connectivity index (χ2n) is 4.14. The molecule has 4 nitrogen and oxygen atoms in total. The molecule has 0 aliphatic heterocycles. The van der Waals surface area contributed by atoms with Gasteiger partial charge in [-0.3, -0.25) is 4.98 Å². The van der Waals surface area contributed by atoms with Crippen LogP contribution < -0.4 is 0 Å². The molecule has 0 amide bonds. The van der Waals surface area contributed by atoms with Crippen LogP contribution in [0.3, 0.4) is 0 Å². The lowest BCUT2D eigenvalue weighted by molar-refractivity contribution is -0.348. The van der Waals surface area contributed by atoms with Crippen LogP contribution in [0.5, 0.6) is 0 Å². The summed E-state index contributed by atoms with van der Waals surface area (Å²) in [5.41, 5.74) is -0.753. The van der Waals surface area contributed by atoms with E-state index in [1.807, 2.05) is 0 Å². The summed E-state index contributed by atoms with van der Waals surface area (Å²) in [6.45, 7) is 0. The number of rotatable bonds is 4. The molecule has 3 N–H and O–H groups in total. The Morgan fingerprint density at radius 1 is 1.00 bits per heavy atom. The Kier molecular flexibility index (Phi) is 5.20. The molecular formula is C10H10F6NO3P. The number of halogens is 6. The molecule has 21 heavy (non-hydrogen) atoms. The highest BCUT2D eigenvalue weighted by molar-refractivity contribution is 7.51. The van der Waals surface area contributed by atoms with Crippen LogP contribution in [0, 0.1) is 0 Å². The van der Waals surface area contributed by atoms with E-state index in [1.165, 1.54) is 0 Å². The maximum atomic E-state index is 12.3. The van der Waals surface area contributed by atoms with E-state index in [2.05, 4.69) is 4.98 Å². The molecule has 1 atom stereocenters. The number of hydrogen-bond acceptors (Lipinski definition) is 4. The lowest BCUT2D eigenvalue weighted by Crippen LogP contribution is -2.47. The van der Waals surface area contributed by atoms with Crippen LogP contribution in [-0.2, 0) is 12.6 Å². The van der Waals surface area contributed by atoms with Gasteiger partial charge in [-0.1, -0.05) is 6.07 Å². The molecule has 0 aromatic carbocycles. The molecule has 1 aromatic rings. The summed E-state index contributed by atoms with van der Waals surface area (Å²) in [6, 6.07) is 3.21. The van der Waals surface area contributed by atoms with Crippen molar-refractivity contribution in [2.24, 2.45) is 0 Å². The van der Waals surface area contributed by atoms with Gasteiger partial charge in [-0.15, -0.1) is 0 Å². The van der Waals surface area contributed by atoms with E-state index in [0.717, 1.165) is 18.2 Å². The van der Waals surface area contributed by atoms with Crippen molar-refractivity contribution in [2.45, 2.75) is 30.5 Å². The zero-order valence-electron chi connectivity index (χ0n) is 10.2. The van der Waals surface area contributed by atoms with E-state index >= 15 is 0 Å². The molecule has 0 bridgehead atoms. The lowest BCUT2D eigenvalue weighted by atomic mass is 10.1. The van der Waals surface area contributed by atoms with Crippen molar-refractivity contribution in [3.63, 3.8) is 0 Å². The van der Waals surface area contributed by atoms with Crippen LogP contribution in [0.15, 0.2) is 18.2 Å². The molecule has 0 fully saturated rings. The van der Waals surface area contributed by atoms with E-state index in [4.69, 9.17) is 15.1 Å². The van der Waals surface area contributed by atoms with Crippen LogP contribution >= 0.6 is 8.15 Å². The second-order valence-corrected chi connectivity index (χ2v) is 5.76. The van der Waals surface area contributed by atoms with E-state index in [0.29, 0.717) is 0 Å². The monoisotopic (exact) mass is 337 g/mol. The molecule has 0 saturated carbocycles. The molecule has 120 valence electrons. The predicted octanol–water partition coefficient (Wildman–Crippen LogP) is 2.28. The van der Waals surface area contributed by atoms with Gasteiger partial charge in [0.25, 0.3) is 5.79 Å². The third kappa shape index (κ3) is 5.06. The zero-order valence-corrected chi connectivity index (χ0v) is 11.0. The first-order chi connectivity index (χ1) is 9.33. The van der Waals surface area contributed by atoms with Crippen molar-refractivity contribution in [1.29, 1.82) is 0 Å². The van der Waals surface area contributed by atoms with Crippen LogP contribution in [0.1, 0.15) is 11.4 Å². The standard InChI is InChI=1S/C10H10F6NO3P/c11-9(12,13)8(18,19)4-6-2-1-3-7(17-6)5-21(20)10(14,15)16/h1-3,18-20H,4-5H2. The van der Waals surface area contributed by atoms with Crippen molar-refractivity contribution in [3.05, 3.63) is 29.6 Å². The number of nitrogens with zero attached hydrogens (tertiary/aromatic N) is 1. The third-order valence-corrected chi connectivity index (χ3v) is 3.56. The zero-order chi connectivity index (χ0) is 16.5. The quantitative estimate of drug-likeness (QED) is 0.448. The Morgan fingerprint density at radius 2 is 1.52 bits per heavy atom. The first-order valence-corrected chi connectivity index (χ1v) is 6.80. The minimum absolute atomic E-state index is 0.295. The Hall–Kier alpha value is -0.960. The lowest BCUT2D eigenvalue weighted by Gasteiger charge is -2.24. The summed E-state index contributed by atoms with van der Waals surface area (Å²) in [5, 5.41) is 17.7. The third-order valence-electron chi connectivity index (χ3n) is 2.35. The van der Waals surface area contributed by atoms with Gasteiger partial charge in [0.1, 0.15) is 8.15 Å². The fourth-order valence-electron chi connectivity index (χ4n) is 1.31. The van der Waals surface area contributed by atoms with Crippen molar-refractivity contribution >= 4 is 8.15 Å². The maximum Gasteiger partial charge on any atom is 0.443 e. The van der Waals surface area contributed by atoms with Crippen LogP contribution in [0.25, 0.3) is 0 Å². The average molecular weight is 337 g/mol. The van der Waals surface area contributed by atoms with Gasteiger partial charge in [-0.05, 0) is 12.1 Å². The number of hydrogen-bond donors (Lipinski definition) is 3. The summed E-state index contributed by atoms with van der Waals surface area (Å²) in [5.74, 6) is -8.86. The van der Waals surface area contributed by atoms with Crippen LogP contribution in [0.4, 0.5) is 26.3 Å².